The van der Waals surface area contributed by atoms with Gasteiger partial charge in [0.05, 0.1) is 17.6 Å². The summed E-state index contributed by atoms with van der Waals surface area (Å²) in [6.45, 7) is 0.117. The quantitative estimate of drug-likeness (QED) is 0.756. The summed E-state index contributed by atoms with van der Waals surface area (Å²) in [5.74, 6) is 0.889. The molecular weight excluding hydrogens is 298 g/mol. The minimum absolute atomic E-state index is 0.117. The van der Waals surface area contributed by atoms with Crippen LogP contribution in [0.1, 0.15) is 40.8 Å². The molecule has 0 unspecified atom stereocenters. The minimum atomic E-state index is -0.632. The van der Waals surface area contributed by atoms with Gasteiger partial charge < -0.3 is 14.3 Å². The van der Waals surface area contributed by atoms with E-state index in [0.717, 1.165) is 16.9 Å². The largest absolute Gasteiger partial charge is 0.434 e. The lowest BCUT2D eigenvalue weighted by molar-refractivity contribution is 0.0772. The number of imidazole rings is 1. The highest BCUT2D eigenvalue weighted by Gasteiger charge is 2.27. The summed E-state index contributed by atoms with van der Waals surface area (Å²) < 4.78 is 4.81. The van der Waals surface area contributed by atoms with E-state index in [1.54, 1.807) is 19.2 Å². The highest BCUT2D eigenvalue weighted by Crippen LogP contribution is 2.39. The lowest BCUT2D eigenvalue weighted by Crippen LogP contribution is -2.26. The average molecular weight is 313 g/mol. The van der Waals surface area contributed by atoms with Crippen molar-refractivity contribution in [1.29, 1.82) is 0 Å². The topological polar surface area (TPSA) is 108 Å². The molecule has 0 atom stereocenters. The van der Waals surface area contributed by atoms with Crippen molar-refractivity contribution in [2.75, 3.05) is 7.05 Å². The number of benzene rings is 1. The first-order chi connectivity index (χ1) is 11.1. The molecule has 0 spiro atoms. The Hall–Kier alpha value is -2.90. The fourth-order valence-electron chi connectivity index (χ4n) is 2.54. The third-order valence-electron chi connectivity index (χ3n) is 3.91. The third kappa shape index (κ3) is 2.63. The van der Waals surface area contributed by atoms with Gasteiger partial charge in [0.2, 0.25) is 5.89 Å². The maximum atomic E-state index is 12.5. The number of carbonyl (C=O) groups excluding carboxylic acids is 1. The second-order valence-electron chi connectivity index (χ2n) is 5.80. The normalized spacial score (nSPS) is 14.3. The molecule has 1 aliphatic carbocycles. The Morgan fingerprint density at radius 1 is 1.43 bits per heavy atom. The van der Waals surface area contributed by atoms with Crippen molar-refractivity contribution in [3.63, 3.8) is 0 Å². The van der Waals surface area contributed by atoms with Gasteiger partial charge in [-0.1, -0.05) is 0 Å². The van der Waals surface area contributed by atoms with Crippen LogP contribution < -0.4 is 5.76 Å². The lowest BCUT2D eigenvalue weighted by atomic mass is 10.2. The van der Waals surface area contributed by atoms with Gasteiger partial charge in [-0.25, -0.2) is 14.9 Å². The molecule has 1 amide bonds. The molecule has 0 radical (unpaired) electrons. The number of amides is 1. The van der Waals surface area contributed by atoms with Crippen LogP contribution in [0.15, 0.2) is 27.4 Å². The van der Waals surface area contributed by atoms with Crippen LogP contribution in [0.25, 0.3) is 11.0 Å². The molecule has 1 aliphatic rings. The maximum absolute atomic E-state index is 12.5. The Kier molecular flexibility index (Phi) is 3.03. The summed E-state index contributed by atoms with van der Waals surface area (Å²) in [7, 11) is 1.63. The molecule has 1 fully saturated rings. The molecule has 1 aromatic carbocycles. The molecule has 8 heteroatoms. The summed E-state index contributed by atoms with van der Waals surface area (Å²) in [5, 5.41) is 5.87. The SMILES string of the molecule is CN(Cc1n[nH]c(=O)o1)C(=O)c1ccc2nc(C3CC3)[nH]c2c1. The number of H-pyrrole nitrogens is 2. The maximum Gasteiger partial charge on any atom is 0.434 e. The zero-order valence-electron chi connectivity index (χ0n) is 12.5. The van der Waals surface area contributed by atoms with Crippen LogP contribution in [0, 0.1) is 0 Å². The van der Waals surface area contributed by atoms with Gasteiger partial charge in [-0.2, -0.15) is 0 Å². The molecule has 1 saturated carbocycles. The van der Waals surface area contributed by atoms with Crippen LogP contribution in [-0.2, 0) is 6.54 Å². The van der Waals surface area contributed by atoms with E-state index >= 15 is 0 Å². The number of aromatic amines is 2. The summed E-state index contributed by atoms with van der Waals surface area (Å²) in [6, 6.07) is 5.39. The van der Waals surface area contributed by atoms with Crippen molar-refractivity contribution in [3.8, 4) is 0 Å². The first-order valence-corrected chi connectivity index (χ1v) is 7.39. The van der Waals surface area contributed by atoms with Crippen molar-refractivity contribution < 1.29 is 9.21 Å². The minimum Gasteiger partial charge on any atom is -0.391 e. The molecule has 0 saturated heterocycles. The van der Waals surface area contributed by atoms with Gasteiger partial charge in [0, 0.05) is 18.5 Å². The zero-order chi connectivity index (χ0) is 16.0. The van der Waals surface area contributed by atoms with E-state index in [9.17, 15) is 9.59 Å². The molecule has 23 heavy (non-hydrogen) atoms. The molecule has 2 aromatic heterocycles. The van der Waals surface area contributed by atoms with Crippen LogP contribution in [0.5, 0.6) is 0 Å². The van der Waals surface area contributed by atoms with Crippen LogP contribution >= 0.6 is 0 Å². The zero-order valence-corrected chi connectivity index (χ0v) is 12.5. The van der Waals surface area contributed by atoms with E-state index < -0.39 is 5.76 Å². The average Bonchev–Trinajstić information content (AvgIpc) is 3.18. The predicted molar refractivity (Wildman–Crippen MR) is 81.0 cm³/mol. The van der Waals surface area contributed by atoms with E-state index in [1.165, 1.54) is 17.7 Å². The Balaban J connectivity index is 1.56. The number of fused-ring (bicyclic) bond motifs is 1. The molecule has 0 aliphatic heterocycles. The Morgan fingerprint density at radius 2 is 2.26 bits per heavy atom. The lowest BCUT2D eigenvalue weighted by Gasteiger charge is -2.14. The monoisotopic (exact) mass is 313 g/mol. The van der Waals surface area contributed by atoms with Crippen LogP contribution in [0.3, 0.4) is 0 Å². The summed E-state index contributed by atoms with van der Waals surface area (Å²) in [4.78, 5) is 32.7. The highest BCUT2D eigenvalue weighted by atomic mass is 16.4. The fourth-order valence-corrected chi connectivity index (χ4v) is 2.54. The number of rotatable bonds is 4. The number of hydrogen-bond acceptors (Lipinski definition) is 5. The number of nitrogens with one attached hydrogen (secondary N) is 2. The Bertz CT molecular complexity index is 934. The van der Waals surface area contributed by atoms with Crippen LogP contribution in [-0.4, -0.2) is 38.0 Å². The number of carbonyl (C=O) groups is 1. The summed E-state index contributed by atoms with van der Waals surface area (Å²) in [6.07, 6.45) is 2.34. The Morgan fingerprint density at radius 3 is 2.96 bits per heavy atom. The van der Waals surface area contributed by atoms with E-state index in [1.807, 2.05) is 6.07 Å². The second-order valence-corrected chi connectivity index (χ2v) is 5.80. The van der Waals surface area contributed by atoms with Crippen molar-refractivity contribution in [2.24, 2.45) is 0 Å². The van der Waals surface area contributed by atoms with Crippen molar-refractivity contribution >= 4 is 16.9 Å². The molecule has 2 heterocycles. The highest BCUT2D eigenvalue weighted by molar-refractivity contribution is 5.97. The van der Waals surface area contributed by atoms with E-state index in [4.69, 9.17) is 4.42 Å². The predicted octanol–water partition coefficient (Wildman–Crippen LogP) is 1.39. The van der Waals surface area contributed by atoms with Crippen molar-refractivity contribution in [2.45, 2.75) is 25.3 Å². The van der Waals surface area contributed by atoms with Crippen LogP contribution in [0.4, 0.5) is 0 Å². The van der Waals surface area contributed by atoms with E-state index in [2.05, 4.69) is 20.2 Å². The first-order valence-electron chi connectivity index (χ1n) is 7.39. The van der Waals surface area contributed by atoms with Gasteiger partial charge in [0.15, 0.2) is 0 Å². The molecule has 118 valence electrons. The third-order valence-corrected chi connectivity index (χ3v) is 3.91. The van der Waals surface area contributed by atoms with E-state index in [-0.39, 0.29) is 18.3 Å². The van der Waals surface area contributed by atoms with Gasteiger partial charge in [0.1, 0.15) is 5.82 Å². The van der Waals surface area contributed by atoms with Gasteiger partial charge in [0.25, 0.3) is 5.91 Å². The van der Waals surface area contributed by atoms with Gasteiger partial charge in [-0.3, -0.25) is 4.79 Å². The molecule has 2 N–H and O–H groups in total. The smallest absolute Gasteiger partial charge is 0.391 e. The first kappa shape index (κ1) is 13.7. The number of nitrogens with zero attached hydrogens (tertiary/aromatic N) is 3. The Labute approximate surface area is 130 Å². The second kappa shape index (κ2) is 5.08. The summed E-state index contributed by atoms with van der Waals surface area (Å²) in [5.41, 5.74) is 2.27. The van der Waals surface area contributed by atoms with Gasteiger partial charge in [-0.15, -0.1) is 5.10 Å². The van der Waals surface area contributed by atoms with Gasteiger partial charge in [-0.05, 0) is 31.0 Å². The van der Waals surface area contributed by atoms with Gasteiger partial charge >= 0.3 is 5.76 Å². The molecular formula is C15H15N5O3. The van der Waals surface area contributed by atoms with Crippen molar-refractivity contribution in [1.82, 2.24) is 25.1 Å². The fraction of sp³-hybridized carbons (Fsp3) is 0.333. The number of hydrogen-bond donors (Lipinski definition) is 2. The van der Waals surface area contributed by atoms with Crippen molar-refractivity contribution in [3.05, 3.63) is 46.0 Å². The number of aromatic nitrogens is 4. The summed E-state index contributed by atoms with van der Waals surface area (Å²) >= 11 is 0. The molecule has 0 bridgehead atoms. The molecule has 8 nitrogen and oxygen atoms in total. The molecule has 4 rings (SSSR count). The standard InChI is InChI=1S/C15H15N5O3/c1-20(7-12-18-19-15(22)23-12)14(21)9-4-5-10-11(6-9)17-13(16-10)8-2-3-8/h4-6,8H,2-3,7H2,1H3,(H,16,17)(H,19,22). The van der Waals surface area contributed by atoms with E-state index in [0.29, 0.717) is 11.5 Å². The van der Waals surface area contributed by atoms with Crippen LogP contribution in [0.2, 0.25) is 0 Å². The molecule has 3 aromatic rings.